The molecule has 0 radical (unpaired) electrons. The average Bonchev–Trinajstić information content (AvgIpc) is 3.39. The number of alkyl halides is 1. The number of aromatic nitrogens is 4. The van der Waals surface area contributed by atoms with Gasteiger partial charge in [-0.05, 0) is 53.7 Å². The van der Waals surface area contributed by atoms with E-state index in [0.717, 1.165) is 15.4 Å². The molecule has 0 aliphatic rings. The van der Waals surface area contributed by atoms with E-state index in [2.05, 4.69) is 10.2 Å². The lowest BCUT2D eigenvalue weighted by atomic mass is 10.1. The molecule has 0 aliphatic carbocycles. The molecule has 0 unspecified atom stereocenters. The number of benzene rings is 2. The highest BCUT2D eigenvalue weighted by Crippen LogP contribution is 2.22. The van der Waals surface area contributed by atoms with Crippen molar-refractivity contribution >= 4 is 45.6 Å². The topological polar surface area (TPSA) is 108 Å². The van der Waals surface area contributed by atoms with Crippen LogP contribution < -0.4 is 0 Å². The first-order chi connectivity index (χ1) is 17.6. The SMILES string of the molecule is C.C.CC(C)(C)OC(=O)n1ncc2cc(CCl)c(F)cc21.CC(C)(C)OC(=O)n1ncc2cc(CO)c(F)cc21. The predicted molar refractivity (Wildman–Crippen MR) is 152 cm³/mol. The number of nitrogens with zero attached hydrogens (tertiary/aromatic N) is 4. The quantitative estimate of drug-likeness (QED) is 0.245. The fourth-order valence-corrected chi connectivity index (χ4v) is 3.52. The molecule has 2 heterocycles. The van der Waals surface area contributed by atoms with Gasteiger partial charge in [-0.3, -0.25) is 0 Å². The molecule has 0 bridgehead atoms. The summed E-state index contributed by atoms with van der Waals surface area (Å²) in [7, 11) is 0. The summed E-state index contributed by atoms with van der Waals surface area (Å²) in [5, 5.41) is 18.0. The Hall–Kier alpha value is -3.57. The maximum atomic E-state index is 13.7. The van der Waals surface area contributed by atoms with Gasteiger partial charge in [-0.25, -0.2) is 18.4 Å². The molecule has 0 spiro atoms. The van der Waals surface area contributed by atoms with Gasteiger partial charge in [0.25, 0.3) is 0 Å². The maximum absolute atomic E-state index is 13.7. The third kappa shape index (κ3) is 8.22. The zero-order chi connectivity index (χ0) is 28.4. The fraction of sp³-hybridized carbons (Fsp3) is 0.429. The minimum Gasteiger partial charge on any atom is -0.442 e. The summed E-state index contributed by atoms with van der Waals surface area (Å²) in [6, 6.07) is 5.44. The second-order valence-corrected chi connectivity index (χ2v) is 10.6. The van der Waals surface area contributed by atoms with Crippen LogP contribution in [-0.4, -0.2) is 48.1 Å². The molecule has 0 saturated carbocycles. The van der Waals surface area contributed by atoms with Crippen LogP contribution in [0.1, 0.15) is 67.5 Å². The second-order valence-electron chi connectivity index (χ2n) is 10.4. The van der Waals surface area contributed by atoms with Crippen LogP contribution in [0.5, 0.6) is 0 Å². The summed E-state index contributed by atoms with van der Waals surface area (Å²) < 4.78 is 39.8. The first-order valence-corrected chi connectivity index (χ1v) is 12.1. The number of carbonyl (C=O) groups excluding carboxylic acids is 2. The summed E-state index contributed by atoms with van der Waals surface area (Å²) in [4.78, 5) is 23.8. The zero-order valence-corrected chi connectivity index (χ0v) is 22.6. The highest BCUT2D eigenvalue weighted by atomic mass is 35.5. The predicted octanol–water partition coefficient (Wildman–Crippen LogP) is 7.42. The van der Waals surface area contributed by atoms with E-state index in [0.29, 0.717) is 27.4 Å². The lowest BCUT2D eigenvalue weighted by Gasteiger charge is -2.19. The molecule has 9 nitrogen and oxygen atoms in total. The van der Waals surface area contributed by atoms with Gasteiger partial charge in [0.2, 0.25) is 0 Å². The third-order valence-electron chi connectivity index (χ3n) is 4.92. The molecule has 0 aliphatic heterocycles. The van der Waals surface area contributed by atoms with Gasteiger partial charge >= 0.3 is 12.2 Å². The molecule has 0 fully saturated rings. The van der Waals surface area contributed by atoms with Crippen molar-refractivity contribution in [3.63, 3.8) is 0 Å². The number of aliphatic hydroxyl groups is 1. The molecular formula is C28H37ClF2N4O5. The first kappa shape index (κ1) is 34.5. The van der Waals surface area contributed by atoms with Crippen LogP contribution in [0.2, 0.25) is 0 Å². The Labute approximate surface area is 237 Å². The van der Waals surface area contributed by atoms with Crippen molar-refractivity contribution in [1.29, 1.82) is 0 Å². The van der Waals surface area contributed by atoms with Crippen molar-refractivity contribution < 1.29 is 33.0 Å². The molecule has 0 atom stereocenters. The fourth-order valence-electron chi connectivity index (χ4n) is 3.32. The van der Waals surface area contributed by atoms with Crippen LogP contribution in [-0.2, 0) is 22.0 Å². The van der Waals surface area contributed by atoms with Gasteiger partial charge < -0.3 is 14.6 Å². The van der Waals surface area contributed by atoms with Crippen molar-refractivity contribution in [1.82, 2.24) is 19.6 Å². The minimum absolute atomic E-state index is 0. The summed E-state index contributed by atoms with van der Waals surface area (Å²) in [5.74, 6) is -0.979. The number of hydrogen-bond acceptors (Lipinski definition) is 7. The van der Waals surface area contributed by atoms with E-state index in [9.17, 15) is 18.4 Å². The van der Waals surface area contributed by atoms with Crippen molar-refractivity contribution in [2.75, 3.05) is 0 Å². The van der Waals surface area contributed by atoms with Gasteiger partial charge in [0.1, 0.15) is 22.8 Å². The molecule has 4 rings (SSSR count). The van der Waals surface area contributed by atoms with Crippen LogP contribution in [0.3, 0.4) is 0 Å². The van der Waals surface area contributed by atoms with Gasteiger partial charge in [-0.2, -0.15) is 19.6 Å². The molecule has 220 valence electrons. The van der Waals surface area contributed by atoms with Crippen LogP contribution in [0, 0.1) is 11.6 Å². The smallest absolute Gasteiger partial charge is 0.435 e. The Morgan fingerprint density at radius 2 is 1.18 bits per heavy atom. The Morgan fingerprint density at radius 1 is 0.800 bits per heavy atom. The summed E-state index contributed by atoms with van der Waals surface area (Å²) >= 11 is 5.63. The molecular weight excluding hydrogens is 546 g/mol. The van der Waals surface area contributed by atoms with Gasteiger partial charge in [-0.1, -0.05) is 14.9 Å². The molecule has 0 saturated heterocycles. The normalized spacial score (nSPS) is 11.2. The van der Waals surface area contributed by atoms with Crippen molar-refractivity contribution in [3.8, 4) is 0 Å². The van der Waals surface area contributed by atoms with Crippen LogP contribution in [0.25, 0.3) is 21.8 Å². The van der Waals surface area contributed by atoms with E-state index < -0.39 is 41.6 Å². The highest BCUT2D eigenvalue weighted by molar-refractivity contribution is 6.17. The molecule has 1 N–H and O–H groups in total. The van der Waals surface area contributed by atoms with E-state index in [-0.39, 0.29) is 26.3 Å². The lowest BCUT2D eigenvalue weighted by molar-refractivity contribution is 0.0511. The summed E-state index contributed by atoms with van der Waals surface area (Å²) in [6.07, 6.45) is 1.60. The summed E-state index contributed by atoms with van der Waals surface area (Å²) in [5.41, 5.74) is -0.0816. The largest absolute Gasteiger partial charge is 0.442 e. The zero-order valence-electron chi connectivity index (χ0n) is 21.9. The Kier molecular flexibility index (Phi) is 11.4. The monoisotopic (exact) mass is 582 g/mol. The second kappa shape index (κ2) is 13.2. The molecule has 2 aromatic carbocycles. The third-order valence-corrected chi connectivity index (χ3v) is 5.21. The van der Waals surface area contributed by atoms with Gasteiger partial charge in [0, 0.05) is 34.0 Å². The van der Waals surface area contributed by atoms with Gasteiger partial charge in [0.05, 0.1) is 35.9 Å². The van der Waals surface area contributed by atoms with Crippen molar-refractivity contribution in [3.05, 3.63) is 59.4 Å². The number of rotatable bonds is 2. The number of halogens is 3. The van der Waals surface area contributed by atoms with Crippen molar-refractivity contribution in [2.24, 2.45) is 0 Å². The Morgan fingerprint density at radius 3 is 1.52 bits per heavy atom. The minimum atomic E-state index is -0.668. The Bertz CT molecular complexity index is 1370. The number of carbonyl (C=O) groups is 2. The van der Waals surface area contributed by atoms with E-state index in [1.54, 1.807) is 47.6 Å². The Balaban J connectivity index is 0.000000381. The average molecular weight is 583 g/mol. The van der Waals surface area contributed by atoms with Crippen LogP contribution in [0.4, 0.5) is 18.4 Å². The molecule has 0 amide bonds. The van der Waals surface area contributed by atoms with E-state index in [1.807, 2.05) is 0 Å². The van der Waals surface area contributed by atoms with Gasteiger partial charge in [-0.15, -0.1) is 11.6 Å². The number of aliphatic hydroxyl groups excluding tert-OH is 1. The molecule has 2 aromatic heterocycles. The summed E-state index contributed by atoms with van der Waals surface area (Å²) in [6.45, 7) is 10.1. The molecule has 40 heavy (non-hydrogen) atoms. The van der Waals surface area contributed by atoms with Crippen LogP contribution >= 0.6 is 11.6 Å². The maximum Gasteiger partial charge on any atom is 0.435 e. The number of fused-ring (bicyclic) bond motifs is 2. The standard InChI is InChI=1S/C13H14ClFN2O2.C13H15FN2O3.2CH4/c1-13(2,3)19-12(18)17-11-5-10(15)8(6-14)4-9(11)7-16-17;1-13(2,3)19-12(18)16-11-5-10(14)9(7-17)4-8(11)6-15-16;;/h4-5,7H,6H2,1-3H3;4-6,17H,7H2,1-3H3;2*1H4. The highest BCUT2D eigenvalue weighted by Gasteiger charge is 2.22. The van der Waals surface area contributed by atoms with Gasteiger partial charge in [0.15, 0.2) is 0 Å². The van der Waals surface area contributed by atoms with Crippen molar-refractivity contribution in [2.45, 2.75) is 80.1 Å². The molecule has 4 aromatic rings. The lowest BCUT2D eigenvalue weighted by Crippen LogP contribution is -2.27. The number of ether oxygens (including phenoxy) is 2. The first-order valence-electron chi connectivity index (χ1n) is 11.6. The number of hydrogen-bond donors (Lipinski definition) is 1. The van der Waals surface area contributed by atoms with Crippen LogP contribution in [0.15, 0.2) is 36.7 Å². The molecule has 12 heteroatoms. The van der Waals surface area contributed by atoms with E-state index >= 15 is 0 Å². The van der Waals surface area contributed by atoms with E-state index in [1.165, 1.54) is 24.5 Å². The van der Waals surface area contributed by atoms with E-state index in [4.69, 9.17) is 26.2 Å².